The zero-order valence-corrected chi connectivity index (χ0v) is 15.0. The number of amides is 1. The van der Waals surface area contributed by atoms with Gasteiger partial charge in [-0.05, 0) is 13.5 Å². The summed E-state index contributed by atoms with van der Waals surface area (Å²) in [6, 6.07) is 4.25. The molecular formula is C17H24N6O2. The third kappa shape index (κ3) is 4.71. The Balaban J connectivity index is 1.90. The van der Waals surface area contributed by atoms with Crippen molar-refractivity contribution < 1.29 is 9.21 Å². The maximum atomic E-state index is 12.5. The van der Waals surface area contributed by atoms with Crippen LogP contribution in [0.4, 0.5) is 5.88 Å². The monoisotopic (exact) mass is 344 g/mol. The van der Waals surface area contributed by atoms with Crippen LogP contribution in [0.25, 0.3) is 0 Å². The largest absolute Gasteiger partial charge is 0.424 e. The van der Waals surface area contributed by atoms with Crippen LogP contribution in [-0.2, 0) is 4.79 Å². The molecule has 1 unspecified atom stereocenters. The van der Waals surface area contributed by atoms with Gasteiger partial charge >= 0.3 is 0 Å². The summed E-state index contributed by atoms with van der Waals surface area (Å²) < 4.78 is 5.53. The maximum Gasteiger partial charge on any atom is 0.236 e. The topological polar surface area (TPSA) is 100 Å². The molecule has 1 aliphatic heterocycles. The van der Waals surface area contributed by atoms with Crippen LogP contribution in [0.3, 0.4) is 0 Å². The summed E-state index contributed by atoms with van der Waals surface area (Å²) in [6.45, 7) is 9.60. The van der Waals surface area contributed by atoms with Gasteiger partial charge in [0.05, 0.1) is 18.5 Å². The van der Waals surface area contributed by atoms with E-state index in [1.54, 1.807) is 6.92 Å². The van der Waals surface area contributed by atoms with E-state index in [0.717, 1.165) is 6.54 Å². The van der Waals surface area contributed by atoms with Crippen LogP contribution in [0.2, 0.25) is 0 Å². The van der Waals surface area contributed by atoms with Gasteiger partial charge in [-0.3, -0.25) is 9.69 Å². The zero-order chi connectivity index (χ0) is 18.4. The molecule has 1 amide bonds. The number of hydrogen-bond acceptors (Lipinski definition) is 7. The summed E-state index contributed by atoms with van der Waals surface area (Å²) in [5, 5.41) is 18.1. The zero-order valence-electron chi connectivity index (χ0n) is 15.0. The van der Waals surface area contributed by atoms with Gasteiger partial charge in [0.15, 0.2) is 5.89 Å². The van der Waals surface area contributed by atoms with Gasteiger partial charge in [0.25, 0.3) is 0 Å². The summed E-state index contributed by atoms with van der Waals surface area (Å²) in [5.74, 6) is 0.935. The first-order chi connectivity index (χ1) is 12.0. The molecular weight excluding hydrogens is 320 g/mol. The summed E-state index contributed by atoms with van der Waals surface area (Å²) >= 11 is 0. The van der Waals surface area contributed by atoms with E-state index in [4.69, 9.17) is 14.9 Å². The quantitative estimate of drug-likeness (QED) is 0.758. The van der Waals surface area contributed by atoms with E-state index in [2.05, 4.69) is 11.1 Å². The second-order valence-corrected chi connectivity index (χ2v) is 6.22. The molecule has 0 aliphatic carbocycles. The van der Waals surface area contributed by atoms with Crippen LogP contribution >= 0.6 is 0 Å². The molecule has 0 saturated carbocycles. The minimum atomic E-state index is -0.0938. The molecule has 1 aromatic heterocycles. The fourth-order valence-electron chi connectivity index (χ4n) is 2.89. The number of aryl methyl sites for hydroxylation is 1. The first kappa shape index (κ1) is 18.8. The number of carbonyl (C=O) groups excluding carboxylic acids is 1. The molecule has 2 rings (SSSR count). The molecule has 1 fully saturated rings. The van der Waals surface area contributed by atoms with Gasteiger partial charge in [-0.2, -0.15) is 10.5 Å². The highest BCUT2D eigenvalue weighted by atomic mass is 16.4. The fourth-order valence-corrected chi connectivity index (χ4v) is 2.89. The van der Waals surface area contributed by atoms with Crippen molar-refractivity contribution >= 4 is 11.8 Å². The van der Waals surface area contributed by atoms with Gasteiger partial charge in [0, 0.05) is 39.6 Å². The summed E-state index contributed by atoms with van der Waals surface area (Å²) in [5.41, 5.74) is 0.292. The van der Waals surface area contributed by atoms with Crippen LogP contribution in [0.15, 0.2) is 4.42 Å². The lowest BCUT2D eigenvalue weighted by Gasteiger charge is -2.35. The third-order valence-corrected chi connectivity index (χ3v) is 4.30. The van der Waals surface area contributed by atoms with E-state index in [1.165, 1.54) is 0 Å². The first-order valence-corrected chi connectivity index (χ1v) is 8.50. The first-order valence-electron chi connectivity index (χ1n) is 8.50. The van der Waals surface area contributed by atoms with Crippen LogP contribution in [0.5, 0.6) is 0 Å². The Bertz CT molecular complexity index is 678. The number of piperazine rings is 1. The molecule has 1 atom stereocenters. The van der Waals surface area contributed by atoms with Gasteiger partial charge < -0.3 is 14.2 Å². The standard InChI is InChI=1S/C17H24N6O2/c1-4-21(11-13(2)9-18)12-16(24)22-5-7-23(8-6-22)17-15(10-19)20-14(3)25-17/h13H,4-8,11-12H2,1-3H3. The lowest BCUT2D eigenvalue weighted by molar-refractivity contribution is -0.132. The van der Waals surface area contributed by atoms with Gasteiger partial charge in [0.1, 0.15) is 6.07 Å². The molecule has 0 N–H and O–H groups in total. The Morgan fingerprint density at radius 1 is 1.36 bits per heavy atom. The van der Waals surface area contributed by atoms with Crippen molar-refractivity contribution in [2.45, 2.75) is 20.8 Å². The predicted molar refractivity (Wildman–Crippen MR) is 91.6 cm³/mol. The van der Waals surface area contributed by atoms with Gasteiger partial charge in [-0.25, -0.2) is 4.98 Å². The lowest BCUT2D eigenvalue weighted by atomic mass is 10.2. The molecule has 0 radical (unpaired) electrons. The van der Waals surface area contributed by atoms with Crippen molar-refractivity contribution in [3.63, 3.8) is 0 Å². The highest BCUT2D eigenvalue weighted by molar-refractivity contribution is 5.78. The smallest absolute Gasteiger partial charge is 0.236 e. The number of likely N-dealkylation sites (N-methyl/N-ethyl adjacent to an activating group) is 1. The highest BCUT2D eigenvalue weighted by Gasteiger charge is 2.26. The lowest BCUT2D eigenvalue weighted by Crippen LogP contribution is -2.51. The van der Waals surface area contributed by atoms with E-state index in [9.17, 15) is 4.79 Å². The Hall–Kier alpha value is -2.58. The molecule has 1 aromatic rings. The molecule has 2 heterocycles. The third-order valence-electron chi connectivity index (χ3n) is 4.30. The van der Waals surface area contributed by atoms with E-state index in [1.807, 2.05) is 34.6 Å². The number of oxazole rings is 1. The molecule has 1 saturated heterocycles. The fraction of sp³-hybridized carbons (Fsp3) is 0.647. The number of hydrogen-bond donors (Lipinski definition) is 0. The second-order valence-electron chi connectivity index (χ2n) is 6.22. The molecule has 0 bridgehead atoms. The van der Waals surface area contributed by atoms with Crippen molar-refractivity contribution in [2.75, 3.05) is 50.7 Å². The molecule has 8 heteroatoms. The number of anilines is 1. The SMILES string of the molecule is CCN(CC(=O)N1CCN(c2oc(C)nc2C#N)CC1)CC(C)C#N. The highest BCUT2D eigenvalue weighted by Crippen LogP contribution is 2.22. The number of nitrogens with zero attached hydrogens (tertiary/aromatic N) is 6. The summed E-state index contributed by atoms with van der Waals surface area (Å²) in [7, 11) is 0. The van der Waals surface area contributed by atoms with Crippen molar-refractivity contribution in [3.8, 4) is 12.1 Å². The normalized spacial score (nSPS) is 15.8. The Kier molecular flexibility index (Phi) is 6.37. The molecule has 134 valence electrons. The van der Waals surface area contributed by atoms with Crippen molar-refractivity contribution in [2.24, 2.45) is 5.92 Å². The number of carbonyl (C=O) groups is 1. The molecule has 0 aromatic carbocycles. The number of rotatable bonds is 6. The van der Waals surface area contributed by atoms with Crippen molar-refractivity contribution in [1.82, 2.24) is 14.8 Å². The van der Waals surface area contributed by atoms with Gasteiger partial charge in [-0.1, -0.05) is 6.92 Å². The minimum absolute atomic E-state index is 0.0703. The van der Waals surface area contributed by atoms with Gasteiger partial charge in [-0.15, -0.1) is 0 Å². The van der Waals surface area contributed by atoms with E-state index in [-0.39, 0.29) is 11.8 Å². The number of nitriles is 2. The average Bonchev–Trinajstić information content (AvgIpc) is 3.01. The van der Waals surface area contributed by atoms with Crippen LogP contribution in [-0.4, -0.2) is 66.5 Å². The van der Waals surface area contributed by atoms with Crippen molar-refractivity contribution in [3.05, 3.63) is 11.6 Å². The minimum Gasteiger partial charge on any atom is -0.424 e. The van der Waals surface area contributed by atoms with E-state index < -0.39 is 0 Å². The molecule has 8 nitrogen and oxygen atoms in total. The average molecular weight is 344 g/mol. The van der Waals surface area contributed by atoms with Crippen LogP contribution in [0.1, 0.15) is 25.4 Å². The molecule has 25 heavy (non-hydrogen) atoms. The maximum absolute atomic E-state index is 12.5. The molecule has 1 aliphatic rings. The Labute approximate surface area is 148 Å². The predicted octanol–water partition coefficient (Wildman–Crippen LogP) is 0.985. The second kappa shape index (κ2) is 8.50. The van der Waals surface area contributed by atoms with Crippen LogP contribution < -0.4 is 4.90 Å². The Morgan fingerprint density at radius 2 is 2.04 bits per heavy atom. The number of aromatic nitrogens is 1. The van der Waals surface area contributed by atoms with Crippen LogP contribution in [0, 0.1) is 35.5 Å². The van der Waals surface area contributed by atoms with E-state index >= 15 is 0 Å². The van der Waals surface area contributed by atoms with Gasteiger partial charge in [0.2, 0.25) is 17.5 Å². The summed E-state index contributed by atoms with van der Waals surface area (Å²) in [4.78, 5) is 22.3. The summed E-state index contributed by atoms with van der Waals surface area (Å²) in [6.07, 6.45) is 0. The van der Waals surface area contributed by atoms with E-state index in [0.29, 0.717) is 56.7 Å². The molecule has 0 spiro atoms. The Morgan fingerprint density at radius 3 is 2.60 bits per heavy atom. The van der Waals surface area contributed by atoms with Crippen molar-refractivity contribution in [1.29, 1.82) is 10.5 Å².